The Kier molecular flexibility index (Phi) is 2.80. The summed E-state index contributed by atoms with van der Waals surface area (Å²) in [4.78, 5) is 10.4. The SMILES string of the molecule is CN(C)C1(CNc2cncc(Cl)n2)CC1. The second-order valence-corrected chi connectivity index (χ2v) is 4.59. The van der Waals surface area contributed by atoms with Gasteiger partial charge in [0.25, 0.3) is 0 Å². The van der Waals surface area contributed by atoms with Gasteiger partial charge in [0.05, 0.1) is 12.4 Å². The first-order chi connectivity index (χ1) is 7.12. The minimum atomic E-state index is 0.310. The van der Waals surface area contributed by atoms with Crippen molar-refractivity contribution in [3.05, 3.63) is 17.5 Å². The Morgan fingerprint density at radius 1 is 1.47 bits per heavy atom. The Labute approximate surface area is 94.7 Å². The van der Waals surface area contributed by atoms with E-state index >= 15 is 0 Å². The van der Waals surface area contributed by atoms with E-state index in [1.807, 2.05) is 0 Å². The van der Waals surface area contributed by atoms with Crippen molar-refractivity contribution in [2.45, 2.75) is 18.4 Å². The molecule has 15 heavy (non-hydrogen) atoms. The number of anilines is 1. The van der Waals surface area contributed by atoms with Crippen molar-refractivity contribution in [3.8, 4) is 0 Å². The van der Waals surface area contributed by atoms with Gasteiger partial charge in [0, 0.05) is 12.1 Å². The summed E-state index contributed by atoms with van der Waals surface area (Å²) in [6.45, 7) is 0.898. The quantitative estimate of drug-likeness (QED) is 0.848. The fraction of sp³-hybridized carbons (Fsp3) is 0.600. The molecule has 0 aliphatic heterocycles. The van der Waals surface area contributed by atoms with Gasteiger partial charge in [0.15, 0.2) is 0 Å². The van der Waals surface area contributed by atoms with E-state index in [1.165, 1.54) is 19.0 Å². The van der Waals surface area contributed by atoms with Crippen molar-refractivity contribution in [1.29, 1.82) is 0 Å². The molecule has 5 heteroatoms. The molecule has 0 spiro atoms. The summed E-state index contributed by atoms with van der Waals surface area (Å²) < 4.78 is 0. The van der Waals surface area contributed by atoms with Gasteiger partial charge in [0.2, 0.25) is 0 Å². The van der Waals surface area contributed by atoms with E-state index in [0.29, 0.717) is 10.7 Å². The van der Waals surface area contributed by atoms with Crippen LogP contribution in [0.25, 0.3) is 0 Å². The molecule has 1 aromatic rings. The van der Waals surface area contributed by atoms with Crippen LogP contribution in [0.1, 0.15) is 12.8 Å². The average Bonchev–Trinajstić information content (AvgIpc) is 2.96. The summed E-state index contributed by atoms with van der Waals surface area (Å²) in [6, 6.07) is 0. The first-order valence-corrected chi connectivity index (χ1v) is 5.39. The number of rotatable bonds is 4. The highest BCUT2D eigenvalue weighted by molar-refractivity contribution is 6.29. The van der Waals surface area contributed by atoms with Gasteiger partial charge in [-0.15, -0.1) is 0 Å². The zero-order chi connectivity index (χ0) is 10.9. The van der Waals surface area contributed by atoms with E-state index in [1.54, 1.807) is 6.20 Å². The molecule has 0 radical (unpaired) electrons. The number of hydrogen-bond acceptors (Lipinski definition) is 4. The average molecular weight is 227 g/mol. The molecule has 1 aromatic heterocycles. The summed E-state index contributed by atoms with van der Waals surface area (Å²) in [5, 5.41) is 3.70. The Morgan fingerprint density at radius 2 is 2.20 bits per heavy atom. The van der Waals surface area contributed by atoms with Crippen molar-refractivity contribution < 1.29 is 0 Å². The molecule has 2 rings (SSSR count). The normalized spacial score (nSPS) is 17.9. The molecule has 1 aliphatic carbocycles. The Hall–Kier alpha value is -0.870. The number of aromatic nitrogens is 2. The molecule has 0 amide bonds. The van der Waals surface area contributed by atoms with E-state index < -0.39 is 0 Å². The molecule has 1 saturated carbocycles. The number of likely N-dealkylation sites (N-methyl/N-ethyl adjacent to an activating group) is 1. The standard InChI is InChI=1S/C10H15ClN4/c1-15(2)10(3-4-10)7-13-9-6-12-5-8(11)14-9/h5-6H,3-4,7H2,1-2H3,(H,13,14). The molecule has 1 N–H and O–H groups in total. The largest absolute Gasteiger partial charge is 0.367 e. The maximum absolute atomic E-state index is 5.75. The second kappa shape index (κ2) is 3.94. The van der Waals surface area contributed by atoms with Gasteiger partial charge in [-0.3, -0.25) is 4.98 Å². The van der Waals surface area contributed by atoms with Crippen LogP contribution in [-0.4, -0.2) is 41.0 Å². The van der Waals surface area contributed by atoms with Gasteiger partial charge >= 0.3 is 0 Å². The van der Waals surface area contributed by atoms with Gasteiger partial charge in [-0.05, 0) is 26.9 Å². The van der Waals surface area contributed by atoms with Crippen LogP contribution in [0.4, 0.5) is 5.82 Å². The number of nitrogens with zero attached hydrogens (tertiary/aromatic N) is 3. The minimum Gasteiger partial charge on any atom is -0.367 e. The van der Waals surface area contributed by atoms with E-state index in [9.17, 15) is 0 Å². The van der Waals surface area contributed by atoms with Crippen LogP contribution in [0.2, 0.25) is 5.15 Å². The van der Waals surface area contributed by atoms with Gasteiger partial charge in [0.1, 0.15) is 11.0 Å². The lowest BCUT2D eigenvalue weighted by Crippen LogP contribution is -2.36. The second-order valence-electron chi connectivity index (χ2n) is 4.20. The first-order valence-electron chi connectivity index (χ1n) is 5.01. The van der Waals surface area contributed by atoms with Gasteiger partial charge in [-0.1, -0.05) is 11.6 Å². The molecule has 1 aliphatic rings. The lowest BCUT2D eigenvalue weighted by molar-refractivity contribution is 0.284. The van der Waals surface area contributed by atoms with E-state index in [-0.39, 0.29) is 0 Å². The Bertz CT molecular complexity index is 349. The van der Waals surface area contributed by atoms with Crippen molar-refractivity contribution >= 4 is 17.4 Å². The Morgan fingerprint density at radius 3 is 2.73 bits per heavy atom. The van der Waals surface area contributed by atoms with Gasteiger partial charge in [-0.2, -0.15) is 0 Å². The summed E-state index contributed by atoms with van der Waals surface area (Å²) >= 11 is 5.75. The topological polar surface area (TPSA) is 41.0 Å². The molecular formula is C10H15ClN4. The van der Waals surface area contributed by atoms with Crippen LogP contribution < -0.4 is 5.32 Å². The highest BCUT2D eigenvalue weighted by atomic mass is 35.5. The lowest BCUT2D eigenvalue weighted by atomic mass is 10.2. The molecule has 0 atom stereocenters. The van der Waals surface area contributed by atoms with Crippen LogP contribution in [0.3, 0.4) is 0 Å². The van der Waals surface area contributed by atoms with Crippen molar-refractivity contribution in [3.63, 3.8) is 0 Å². The third kappa shape index (κ3) is 2.38. The molecule has 82 valence electrons. The predicted molar refractivity (Wildman–Crippen MR) is 61.2 cm³/mol. The van der Waals surface area contributed by atoms with Crippen LogP contribution in [-0.2, 0) is 0 Å². The number of halogens is 1. The lowest BCUT2D eigenvalue weighted by Gasteiger charge is -2.24. The maximum Gasteiger partial charge on any atom is 0.149 e. The van der Waals surface area contributed by atoms with Crippen LogP contribution in [0, 0.1) is 0 Å². The maximum atomic E-state index is 5.75. The number of nitrogens with one attached hydrogen (secondary N) is 1. The van der Waals surface area contributed by atoms with E-state index in [0.717, 1.165) is 12.4 Å². The molecular weight excluding hydrogens is 212 g/mol. The molecule has 0 aromatic carbocycles. The first kappa shape index (κ1) is 10.6. The molecule has 1 fully saturated rings. The van der Waals surface area contributed by atoms with E-state index in [4.69, 9.17) is 11.6 Å². The molecule has 1 heterocycles. The molecule has 4 nitrogen and oxygen atoms in total. The summed E-state index contributed by atoms with van der Waals surface area (Å²) in [6.07, 6.45) is 5.70. The van der Waals surface area contributed by atoms with Crippen molar-refractivity contribution in [1.82, 2.24) is 14.9 Å². The predicted octanol–water partition coefficient (Wildman–Crippen LogP) is 1.64. The van der Waals surface area contributed by atoms with Gasteiger partial charge in [-0.25, -0.2) is 4.98 Å². The molecule has 0 unspecified atom stereocenters. The third-order valence-corrected chi connectivity index (χ3v) is 3.16. The van der Waals surface area contributed by atoms with Crippen molar-refractivity contribution in [2.24, 2.45) is 0 Å². The van der Waals surface area contributed by atoms with Crippen LogP contribution in [0.15, 0.2) is 12.4 Å². The van der Waals surface area contributed by atoms with Crippen LogP contribution >= 0.6 is 11.6 Å². The zero-order valence-corrected chi connectivity index (χ0v) is 9.75. The number of hydrogen-bond donors (Lipinski definition) is 1. The third-order valence-electron chi connectivity index (χ3n) is 2.98. The fourth-order valence-corrected chi connectivity index (χ4v) is 1.76. The smallest absolute Gasteiger partial charge is 0.149 e. The fourth-order valence-electron chi connectivity index (χ4n) is 1.61. The monoisotopic (exact) mass is 226 g/mol. The highest BCUT2D eigenvalue weighted by Crippen LogP contribution is 2.39. The Balaban J connectivity index is 1.94. The van der Waals surface area contributed by atoms with E-state index in [2.05, 4.69) is 34.3 Å². The minimum absolute atomic E-state index is 0.310. The van der Waals surface area contributed by atoms with Crippen LogP contribution in [0.5, 0.6) is 0 Å². The molecule has 0 bridgehead atoms. The van der Waals surface area contributed by atoms with Gasteiger partial charge < -0.3 is 10.2 Å². The summed E-state index contributed by atoms with van der Waals surface area (Å²) in [5.74, 6) is 0.746. The van der Waals surface area contributed by atoms with Crippen molar-refractivity contribution in [2.75, 3.05) is 26.0 Å². The zero-order valence-electron chi connectivity index (χ0n) is 9.00. The summed E-state index contributed by atoms with van der Waals surface area (Å²) in [5.41, 5.74) is 0.310. The molecule has 0 saturated heterocycles. The highest BCUT2D eigenvalue weighted by Gasteiger charge is 2.44. The summed E-state index contributed by atoms with van der Waals surface area (Å²) in [7, 11) is 4.22.